The van der Waals surface area contributed by atoms with E-state index in [0.29, 0.717) is 11.3 Å². The number of sulfonamides is 1. The monoisotopic (exact) mass is 616 g/mol. The molecule has 2 saturated carbocycles. The number of likely N-dealkylation sites (N-methyl/N-ethyl adjacent to an activating group) is 1. The van der Waals surface area contributed by atoms with Crippen LogP contribution in [0.2, 0.25) is 0 Å². The molecule has 3 aliphatic carbocycles. The van der Waals surface area contributed by atoms with E-state index in [9.17, 15) is 42.6 Å². The minimum atomic E-state index is -3.59. The number of phenols is 1. The van der Waals surface area contributed by atoms with Crippen LogP contribution in [0.4, 0.5) is 5.69 Å². The maximum Gasteiger partial charge on any atom is 0.235 e. The number of aromatic hydroxyl groups is 1. The number of carbonyl (C=O) groups is 5. The lowest BCUT2D eigenvalue weighted by Gasteiger charge is -2.52. The Balaban J connectivity index is 1.82. The molecule has 0 aliphatic heterocycles. The lowest BCUT2D eigenvalue weighted by molar-refractivity contribution is -0.181. The maximum absolute atomic E-state index is 14.0. The van der Waals surface area contributed by atoms with Crippen molar-refractivity contribution in [1.29, 1.82) is 0 Å². The Morgan fingerprint density at radius 2 is 1.79 bits per heavy atom. The van der Waals surface area contributed by atoms with Crippen LogP contribution in [-0.2, 0) is 35.6 Å². The summed E-state index contributed by atoms with van der Waals surface area (Å²) in [5.41, 5.74) is 3.31. The molecule has 0 heterocycles. The SMILES string of the molecule is CC(C)S(=O)(=O)NCC#Cc1cc(N(C)C)c2c(c1O)C(=O)C1C(=O)[C@]3(O)C(=O)C(C(N)=O)C(=O)[C@@H](N(C)C)[C@@H]3C[C@@H]1C2. The zero-order valence-electron chi connectivity index (χ0n) is 24.8. The van der Waals surface area contributed by atoms with Gasteiger partial charge in [0.05, 0.1) is 34.9 Å². The number of nitrogens with zero attached hydrogens (tertiary/aromatic N) is 2. The molecule has 4 rings (SSSR count). The van der Waals surface area contributed by atoms with Gasteiger partial charge in [-0.3, -0.25) is 28.9 Å². The van der Waals surface area contributed by atoms with Crippen LogP contribution in [-0.4, -0.2) is 104 Å². The third-order valence-corrected chi connectivity index (χ3v) is 10.5. The quantitative estimate of drug-likeness (QED) is 0.216. The first-order valence-corrected chi connectivity index (χ1v) is 15.3. The number of nitrogens with one attached hydrogen (secondary N) is 1. The molecule has 0 radical (unpaired) electrons. The number of hydrogen-bond acceptors (Lipinski definition) is 11. The minimum Gasteiger partial charge on any atom is -0.506 e. The third-order valence-electron chi connectivity index (χ3n) is 8.73. The average molecular weight is 617 g/mol. The second kappa shape index (κ2) is 11.1. The Kier molecular flexibility index (Phi) is 8.35. The summed E-state index contributed by atoms with van der Waals surface area (Å²) in [6.07, 6.45) is 0.0455. The van der Waals surface area contributed by atoms with Crippen molar-refractivity contribution < 1.29 is 42.6 Å². The summed E-state index contributed by atoms with van der Waals surface area (Å²) in [4.78, 5) is 69.9. The van der Waals surface area contributed by atoms with Gasteiger partial charge in [0.25, 0.3) is 0 Å². The fourth-order valence-corrected chi connectivity index (χ4v) is 7.20. The Morgan fingerprint density at radius 1 is 1.16 bits per heavy atom. The van der Waals surface area contributed by atoms with Crippen LogP contribution in [0.25, 0.3) is 0 Å². The molecule has 2 unspecified atom stereocenters. The minimum absolute atomic E-state index is 0.0126. The zero-order chi connectivity index (χ0) is 32.3. The molecular weight excluding hydrogens is 580 g/mol. The van der Waals surface area contributed by atoms with Gasteiger partial charge in [-0.2, -0.15) is 0 Å². The summed E-state index contributed by atoms with van der Waals surface area (Å²) in [5, 5.41) is 22.3. The number of Topliss-reactive ketones (excluding diaryl/α,β-unsaturated/α-hetero) is 4. The number of fused-ring (bicyclic) bond motifs is 3. The van der Waals surface area contributed by atoms with Crippen LogP contribution in [0.15, 0.2) is 6.07 Å². The molecule has 0 bridgehead atoms. The van der Waals surface area contributed by atoms with Crippen molar-refractivity contribution in [3.63, 3.8) is 0 Å². The van der Waals surface area contributed by atoms with Crippen molar-refractivity contribution in [2.45, 2.75) is 43.6 Å². The summed E-state index contributed by atoms with van der Waals surface area (Å²) < 4.78 is 26.4. The van der Waals surface area contributed by atoms with E-state index in [2.05, 4.69) is 16.6 Å². The summed E-state index contributed by atoms with van der Waals surface area (Å²) in [6.45, 7) is 2.76. The van der Waals surface area contributed by atoms with Gasteiger partial charge in [-0.1, -0.05) is 11.8 Å². The standard InChI is InChI=1S/C29H36N4O9S/c1-13(2)43(41,42)31-9-7-8-14-12-18(32(3)4)16-10-15-11-17-22(33(5)6)25(36)21(28(30)39)27(38)29(17,40)26(37)19(15)24(35)20(16)23(14)34/h12-13,15,17,19,21-22,31,34,40H,9-11H2,1-6H3,(H2,30,39)/t15-,17-,19?,21?,22-,29-/m0/s1. The Bertz CT molecular complexity index is 1610. The highest BCUT2D eigenvalue weighted by Gasteiger charge is 2.69. The molecule has 232 valence electrons. The topological polar surface area (TPSA) is 204 Å². The van der Waals surface area contributed by atoms with Crippen LogP contribution < -0.4 is 15.4 Å². The first-order valence-electron chi connectivity index (χ1n) is 13.8. The van der Waals surface area contributed by atoms with Crippen LogP contribution in [0.5, 0.6) is 5.75 Å². The van der Waals surface area contributed by atoms with Gasteiger partial charge in [-0.05, 0) is 58.3 Å². The van der Waals surface area contributed by atoms with Crippen molar-refractivity contribution >= 4 is 44.8 Å². The number of nitrogens with two attached hydrogens (primary N) is 1. The largest absolute Gasteiger partial charge is 0.506 e. The fourth-order valence-electron chi connectivity index (χ4n) is 6.59. The van der Waals surface area contributed by atoms with E-state index in [1.165, 1.54) is 32.8 Å². The van der Waals surface area contributed by atoms with E-state index in [-0.39, 0.29) is 30.5 Å². The Morgan fingerprint density at radius 3 is 2.33 bits per heavy atom. The summed E-state index contributed by atoms with van der Waals surface area (Å²) in [5.74, 6) is -6.13. The Labute approximate surface area is 249 Å². The van der Waals surface area contributed by atoms with Crippen molar-refractivity contribution in [3.05, 3.63) is 22.8 Å². The van der Waals surface area contributed by atoms with Crippen LogP contribution in [0, 0.1) is 35.5 Å². The second-order valence-electron chi connectivity index (χ2n) is 12.0. The van der Waals surface area contributed by atoms with E-state index >= 15 is 0 Å². The van der Waals surface area contributed by atoms with Gasteiger partial charge in [0.2, 0.25) is 15.9 Å². The van der Waals surface area contributed by atoms with Crippen LogP contribution in [0.1, 0.15) is 41.8 Å². The lowest BCUT2D eigenvalue weighted by atomic mass is 9.52. The molecule has 2 fully saturated rings. The van der Waals surface area contributed by atoms with E-state index < -0.39 is 85.4 Å². The van der Waals surface area contributed by atoms with Crippen molar-refractivity contribution in [2.75, 3.05) is 39.6 Å². The first kappa shape index (κ1) is 32.3. The van der Waals surface area contributed by atoms with Gasteiger partial charge in [0, 0.05) is 25.7 Å². The highest BCUT2D eigenvalue weighted by molar-refractivity contribution is 7.90. The molecule has 1 amide bonds. The van der Waals surface area contributed by atoms with Crippen LogP contribution in [0.3, 0.4) is 0 Å². The lowest BCUT2D eigenvalue weighted by Crippen LogP contribution is -2.74. The number of primary amides is 1. The summed E-state index contributed by atoms with van der Waals surface area (Å²) in [7, 11) is 2.88. The van der Waals surface area contributed by atoms with Crippen molar-refractivity contribution in [1.82, 2.24) is 9.62 Å². The molecule has 43 heavy (non-hydrogen) atoms. The highest BCUT2D eigenvalue weighted by atomic mass is 32.2. The molecule has 13 nitrogen and oxygen atoms in total. The first-order chi connectivity index (χ1) is 19.9. The van der Waals surface area contributed by atoms with E-state index in [4.69, 9.17) is 5.73 Å². The molecular formula is C29H36N4O9S. The molecule has 0 spiro atoms. The second-order valence-corrected chi connectivity index (χ2v) is 14.4. The van der Waals surface area contributed by atoms with E-state index in [1.54, 1.807) is 25.1 Å². The maximum atomic E-state index is 14.0. The summed E-state index contributed by atoms with van der Waals surface area (Å²) >= 11 is 0. The average Bonchev–Trinajstić information content (AvgIpc) is 2.89. The van der Waals surface area contributed by atoms with Crippen LogP contribution >= 0.6 is 0 Å². The number of benzene rings is 1. The smallest absolute Gasteiger partial charge is 0.235 e. The molecule has 1 aromatic rings. The van der Waals surface area contributed by atoms with Gasteiger partial charge < -0.3 is 20.8 Å². The van der Waals surface area contributed by atoms with Gasteiger partial charge in [0.15, 0.2) is 34.7 Å². The predicted octanol–water partition coefficient (Wildman–Crippen LogP) is -1.39. The number of carbonyl (C=O) groups excluding carboxylic acids is 5. The van der Waals surface area contributed by atoms with Gasteiger partial charge >= 0.3 is 0 Å². The van der Waals surface area contributed by atoms with Gasteiger partial charge in [-0.15, -0.1) is 0 Å². The number of ketones is 4. The molecule has 3 aliphatic rings. The number of amides is 1. The number of aliphatic hydroxyl groups is 1. The van der Waals surface area contributed by atoms with Gasteiger partial charge in [-0.25, -0.2) is 13.1 Å². The molecule has 5 N–H and O–H groups in total. The Hall–Kier alpha value is -3.64. The van der Waals surface area contributed by atoms with Gasteiger partial charge in [0.1, 0.15) is 5.75 Å². The van der Waals surface area contributed by atoms with E-state index in [1.807, 2.05) is 0 Å². The molecule has 6 atom stereocenters. The number of hydrogen-bond donors (Lipinski definition) is 4. The molecule has 1 aromatic carbocycles. The molecule has 0 aromatic heterocycles. The van der Waals surface area contributed by atoms with E-state index in [0.717, 1.165) is 0 Å². The zero-order valence-corrected chi connectivity index (χ0v) is 25.6. The molecule has 14 heteroatoms. The number of phenolic OH excluding ortho intramolecular Hbond substituents is 1. The van der Waals surface area contributed by atoms with Crippen molar-refractivity contribution in [3.8, 4) is 17.6 Å². The number of rotatable bonds is 6. The molecule has 0 saturated heterocycles. The highest BCUT2D eigenvalue weighted by Crippen LogP contribution is 2.52. The number of anilines is 1. The fraction of sp³-hybridized carbons (Fsp3) is 0.552. The summed E-state index contributed by atoms with van der Waals surface area (Å²) in [6, 6.07) is 0.370. The predicted molar refractivity (Wildman–Crippen MR) is 155 cm³/mol. The normalized spacial score (nSPS) is 28.6. The third kappa shape index (κ3) is 5.04. The van der Waals surface area contributed by atoms with Crippen molar-refractivity contribution in [2.24, 2.45) is 29.4 Å².